The third-order valence-electron chi connectivity index (χ3n) is 4.25. The lowest BCUT2D eigenvalue weighted by molar-refractivity contribution is -0.139. The Labute approximate surface area is 123 Å². The second-order valence-corrected chi connectivity index (χ2v) is 6.13. The lowest BCUT2D eigenvalue weighted by Gasteiger charge is -2.32. The molecule has 0 unspecified atom stereocenters. The molecule has 0 aromatic heterocycles. The molecule has 0 radical (unpaired) electrons. The van der Waals surface area contributed by atoms with Crippen LogP contribution in [0.1, 0.15) is 59.8 Å². The Balaban J connectivity index is 2.68. The Morgan fingerprint density at radius 2 is 1.60 bits per heavy atom. The Morgan fingerprint density at radius 3 is 2.05 bits per heavy atom. The zero-order chi connectivity index (χ0) is 15.1. The highest BCUT2D eigenvalue weighted by atomic mass is 16.2. The van der Waals surface area contributed by atoms with Gasteiger partial charge in [-0.25, -0.2) is 0 Å². The Hall–Kier alpha value is -1.06. The van der Waals surface area contributed by atoms with Crippen molar-refractivity contribution < 1.29 is 9.59 Å². The number of hydrogen-bond acceptors (Lipinski definition) is 2. The van der Waals surface area contributed by atoms with Gasteiger partial charge in [0.05, 0.1) is 0 Å². The average Bonchev–Trinajstić information content (AvgIpc) is 2.46. The van der Waals surface area contributed by atoms with E-state index in [2.05, 4.69) is 5.32 Å². The number of nitrogens with one attached hydrogen (secondary N) is 1. The normalized spacial score (nSPS) is 17.4. The first-order valence-corrected chi connectivity index (χ1v) is 8.10. The number of amides is 2. The van der Waals surface area contributed by atoms with Crippen molar-refractivity contribution >= 4 is 11.8 Å². The molecule has 2 amide bonds. The van der Waals surface area contributed by atoms with Gasteiger partial charge in [0, 0.05) is 19.0 Å². The van der Waals surface area contributed by atoms with Crippen LogP contribution in [0.2, 0.25) is 0 Å². The van der Waals surface area contributed by atoms with E-state index in [9.17, 15) is 9.59 Å². The summed E-state index contributed by atoms with van der Waals surface area (Å²) in [5.74, 6) is 0.270. The predicted octanol–water partition coefficient (Wildman–Crippen LogP) is 2.58. The number of likely N-dealkylation sites (tertiary alicyclic amines) is 1. The molecule has 20 heavy (non-hydrogen) atoms. The highest BCUT2D eigenvalue weighted by Crippen LogP contribution is 2.15. The number of piperidine rings is 1. The van der Waals surface area contributed by atoms with Crippen molar-refractivity contribution in [2.24, 2.45) is 11.8 Å². The molecule has 1 N–H and O–H groups in total. The minimum absolute atomic E-state index is 0.0189. The molecule has 1 heterocycles. The third-order valence-corrected chi connectivity index (χ3v) is 4.25. The highest BCUT2D eigenvalue weighted by Gasteiger charge is 2.30. The largest absolute Gasteiger partial charge is 0.344 e. The van der Waals surface area contributed by atoms with Gasteiger partial charge in [-0.05, 0) is 38.0 Å². The number of carbonyl (C=O) groups is 2. The van der Waals surface area contributed by atoms with Gasteiger partial charge >= 0.3 is 0 Å². The van der Waals surface area contributed by atoms with Crippen molar-refractivity contribution in [2.75, 3.05) is 13.1 Å². The maximum atomic E-state index is 12.6. The Morgan fingerprint density at radius 1 is 1.05 bits per heavy atom. The summed E-state index contributed by atoms with van der Waals surface area (Å²) in [6.45, 7) is 9.71. The minimum Gasteiger partial charge on any atom is -0.344 e. The summed E-state index contributed by atoms with van der Waals surface area (Å²) in [7, 11) is 0. The summed E-state index contributed by atoms with van der Waals surface area (Å²) in [6.07, 6.45) is 5.01. The number of rotatable bonds is 6. The summed E-state index contributed by atoms with van der Waals surface area (Å²) in [5, 5.41) is 2.99. The van der Waals surface area contributed by atoms with Crippen molar-refractivity contribution in [3.63, 3.8) is 0 Å². The summed E-state index contributed by atoms with van der Waals surface area (Å²) in [4.78, 5) is 26.7. The van der Waals surface area contributed by atoms with Crippen LogP contribution in [0.25, 0.3) is 0 Å². The summed E-state index contributed by atoms with van der Waals surface area (Å²) >= 11 is 0. The van der Waals surface area contributed by atoms with E-state index in [1.54, 1.807) is 0 Å². The number of hydrogen-bond donors (Lipinski definition) is 1. The second kappa shape index (κ2) is 8.28. The topological polar surface area (TPSA) is 49.4 Å². The molecule has 1 atom stereocenters. The average molecular weight is 282 g/mol. The van der Waals surface area contributed by atoms with E-state index in [0.29, 0.717) is 0 Å². The molecule has 1 rings (SSSR count). The molecule has 0 saturated carbocycles. The molecule has 1 saturated heterocycles. The quantitative estimate of drug-likeness (QED) is 0.814. The fourth-order valence-electron chi connectivity index (χ4n) is 2.76. The van der Waals surface area contributed by atoms with Gasteiger partial charge in [-0.1, -0.05) is 27.7 Å². The molecular weight excluding hydrogens is 252 g/mol. The van der Waals surface area contributed by atoms with Crippen molar-refractivity contribution in [2.45, 2.75) is 65.8 Å². The van der Waals surface area contributed by atoms with Crippen LogP contribution in [0, 0.1) is 11.8 Å². The smallest absolute Gasteiger partial charge is 0.245 e. The summed E-state index contributed by atoms with van der Waals surface area (Å²) in [6, 6.07) is -0.374. The second-order valence-electron chi connectivity index (χ2n) is 6.13. The van der Waals surface area contributed by atoms with Crippen LogP contribution in [0.3, 0.4) is 0 Å². The number of nitrogens with zero attached hydrogens (tertiary/aromatic N) is 1. The van der Waals surface area contributed by atoms with E-state index in [4.69, 9.17) is 0 Å². The Kier molecular flexibility index (Phi) is 7.03. The molecule has 116 valence electrons. The van der Waals surface area contributed by atoms with Crippen molar-refractivity contribution in [1.82, 2.24) is 10.2 Å². The van der Waals surface area contributed by atoms with E-state index in [-0.39, 0.29) is 29.7 Å². The van der Waals surface area contributed by atoms with Gasteiger partial charge in [0.15, 0.2) is 0 Å². The molecule has 0 aromatic carbocycles. The van der Waals surface area contributed by atoms with E-state index >= 15 is 0 Å². The van der Waals surface area contributed by atoms with Gasteiger partial charge in [0.2, 0.25) is 11.8 Å². The molecular formula is C16H30N2O2. The maximum absolute atomic E-state index is 12.6. The van der Waals surface area contributed by atoms with Crippen LogP contribution < -0.4 is 5.32 Å². The molecule has 4 heteroatoms. The van der Waals surface area contributed by atoms with Gasteiger partial charge in [-0.15, -0.1) is 0 Å². The molecule has 1 fully saturated rings. The molecule has 4 nitrogen and oxygen atoms in total. The molecule has 0 aromatic rings. The molecule has 0 aliphatic carbocycles. The van der Waals surface area contributed by atoms with E-state index in [1.165, 1.54) is 6.42 Å². The van der Waals surface area contributed by atoms with E-state index < -0.39 is 0 Å². The first kappa shape index (κ1) is 17.0. The van der Waals surface area contributed by atoms with E-state index in [1.807, 2.05) is 32.6 Å². The number of carbonyl (C=O) groups excluding carboxylic acids is 2. The zero-order valence-corrected chi connectivity index (χ0v) is 13.4. The van der Waals surface area contributed by atoms with Crippen LogP contribution in [0.5, 0.6) is 0 Å². The monoisotopic (exact) mass is 282 g/mol. The van der Waals surface area contributed by atoms with Crippen LogP contribution in [-0.2, 0) is 9.59 Å². The summed E-state index contributed by atoms with van der Waals surface area (Å²) in [5.41, 5.74) is 0. The SMILES string of the molecule is CCC(CC)C(=O)N[C@@H](C(=O)N1CCCCC1)C(C)C. The summed E-state index contributed by atoms with van der Waals surface area (Å²) < 4.78 is 0. The zero-order valence-electron chi connectivity index (χ0n) is 13.4. The first-order chi connectivity index (χ1) is 9.51. The predicted molar refractivity (Wildman–Crippen MR) is 81.3 cm³/mol. The fourth-order valence-corrected chi connectivity index (χ4v) is 2.76. The van der Waals surface area contributed by atoms with Gasteiger partial charge in [0.1, 0.15) is 6.04 Å². The molecule has 0 bridgehead atoms. The van der Waals surface area contributed by atoms with Crippen LogP contribution in [0.15, 0.2) is 0 Å². The molecule has 0 spiro atoms. The molecule has 1 aliphatic rings. The van der Waals surface area contributed by atoms with Gasteiger partial charge in [-0.2, -0.15) is 0 Å². The van der Waals surface area contributed by atoms with E-state index in [0.717, 1.165) is 38.8 Å². The lowest BCUT2D eigenvalue weighted by Crippen LogP contribution is -2.53. The van der Waals surface area contributed by atoms with Crippen molar-refractivity contribution in [3.8, 4) is 0 Å². The first-order valence-electron chi connectivity index (χ1n) is 8.10. The van der Waals surface area contributed by atoms with Crippen molar-refractivity contribution in [1.29, 1.82) is 0 Å². The Bertz CT molecular complexity index is 318. The standard InChI is InChI=1S/C16H30N2O2/c1-5-13(6-2)15(19)17-14(12(3)4)16(20)18-10-8-7-9-11-18/h12-14H,5-11H2,1-4H3,(H,17,19)/t14-/m1/s1. The minimum atomic E-state index is -0.374. The van der Waals surface area contributed by atoms with Crippen LogP contribution >= 0.6 is 0 Å². The fraction of sp³-hybridized carbons (Fsp3) is 0.875. The molecule has 1 aliphatic heterocycles. The third kappa shape index (κ3) is 4.50. The van der Waals surface area contributed by atoms with Crippen LogP contribution in [-0.4, -0.2) is 35.8 Å². The van der Waals surface area contributed by atoms with Gasteiger partial charge in [0.25, 0.3) is 0 Å². The van der Waals surface area contributed by atoms with Gasteiger partial charge < -0.3 is 10.2 Å². The van der Waals surface area contributed by atoms with Crippen molar-refractivity contribution in [3.05, 3.63) is 0 Å². The maximum Gasteiger partial charge on any atom is 0.245 e. The lowest BCUT2D eigenvalue weighted by atomic mass is 9.98. The van der Waals surface area contributed by atoms with Crippen LogP contribution in [0.4, 0.5) is 0 Å². The highest BCUT2D eigenvalue weighted by molar-refractivity contribution is 5.88. The van der Waals surface area contributed by atoms with Gasteiger partial charge in [-0.3, -0.25) is 9.59 Å².